The van der Waals surface area contributed by atoms with E-state index in [9.17, 15) is 13.2 Å². The summed E-state index contributed by atoms with van der Waals surface area (Å²) in [7, 11) is -1.61. The second-order valence-corrected chi connectivity index (χ2v) is 8.56. The highest BCUT2D eigenvalue weighted by Crippen LogP contribution is 2.35. The van der Waals surface area contributed by atoms with Gasteiger partial charge in [0.05, 0.1) is 22.0 Å². The largest absolute Gasteiger partial charge is 0.340 e. The molecule has 134 valence electrons. The van der Waals surface area contributed by atoms with Gasteiger partial charge in [0.1, 0.15) is 0 Å². The summed E-state index contributed by atoms with van der Waals surface area (Å²) in [5, 5.41) is 0.472. The van der Waals surface area contributed by atoms with E-state index >= 15 is 0 Å². The van der Waals surface area contributed by atoms with E-state index in [-0.39, 0.29) is 34.6 Å². The number of carbonyl (C=O) groups is 1. The van der Waals surface area contributed by atoms with Crippen molar-refractivity contribution in [1.29, 1.82) is 0 Å². The zero-order valence-electron chi connectivity index (χ0n) is 13.7. The normalized spacial score (nSPS) is 16.2. The highest BCUT2D eigenvalue weighted by atomic mass is 35.5. The van der Waals surface area contributed by atoms with Gasteiger partial charge < -0.3 is 9.80 Å². The Labute approximate surface area is 153 Å². The van der Waals surface area contributed by atoms with Gasteiger partial charge >= 0.3 is 0 Å². The number of carbonyl (C=O) groups excluding carboxylic acids is 1. The standard InChI is InChI=1S/C15H21Cl2N3O3S/c1-18-8-10-19(11-9-18)14(21)6-7-20(24(2,22)23)15-12(16)4-3-5-13(15)17/h3-5H,6-11H2,1-2H3. The van der Waals surface area contributed by atoms with E-state index in [1.165, 1.54) is 0 Å². The fourth-order valence-electron chi connectivity index (χ4n) is 2.58. The molecule has 2 rings (SSSR count). The van der Waals surface area contributed by atoms with E-state index in [1.54, 1.807) is 23.1 Å². The maximum Gasteiger partial charge on any atom is 0.232 e. The highest BCUT2D eigenvalue weighted by molar-refractivity contribution is 7.92. The van der Waals surface area contributed by atoms with E-state index in [4.69, 9.17) is 23.2 Å². The topological polar surface area (TPSA) is 60.9 Å². The van der Waals surface area contributed by atoms with Gasteiger partial charge in [-0.2, -0.15) is 0 Å². The molecule has 1 heterocycles. The Bertz CT molecular complexity index is 684. The summed E-state index contributed by atoms with van der Waals surface area (Å²) in [5.74, 6) is -0.0695. The van der Waals surface area contributed by atoms with Crippen LogP contribution in [-0.4, -0.2) is 70.2 Å². The van der Waals surface area contributed by atoms with Crippen LogP contribution in [0.2, 0.25) is 10.0 Å². The third kappa shape index (κ3) is 4.75. The lowest BCUT2D eigenvalue weighted by atomic mass is 10.2. The first-order valence-electron chi connectivity index (χ1n) is 7.58. The number of benzene rings is 1. The molecule has 0 bridgehead atoms. The molecular weight excluding hydrogens is 373 g/mol. The molecule has 1 aromatic rings. The summed E-state index contributed by atoms with van der Waals surface area (Å²) in [6, 6.07) is 4.79. The lowest BCUT2D eigenvalue weighted by molar-refractivity contribution is -0.132. The Morgan fingerprint density at radius 3 is 2.21 bits per heavy atom. The van der Waals surface area contributed by atoms with Crippen LogP contribution in [0.4, 0.5) is 5.69 Å². The molecular formula is C15H21Cl2N3O3S. The summed E-state index contributed by atoms with van der Waals surface area (Å²) in [4.78, 5) is 16.3. The zero-order valence-corrected chi connectivity index (χ0v) is 16.0. The van der Waals surface area contributed by atoms with Crippen LogP contribution in [0.1, 0.15) is 6.42 Å². The van der Waals surface area contributed by atoms with E-state index < -0.39 is 10.0 Å². The first-order chi connectivity index (χ1) is 11.2. The second-order valence-electron chi connectivity index (χ2n) is 5.84. The zero-order chi connectivity index (χ0) is 17.9. The van der Waals surface area contributed by atoms with Gasteiger partial charge in [0, 0.05) is 39.1 Å². The lowest BCUT2D eigenvalue weighted by Crippen LogP contribution is -2.48. The Kier molecular flexibility index (Phi) is 6.36. The third-order valence-corrected chi connectivity index (χ3v) is 5.75. The fourth-order valence-corrected chi connectivity index (χ4v) is 4.23. The molecule has 0 atom stereocenters. The minimum Gasteiger partial charge on any atom is -0.340 e. The van der Waals surface area contributed by atoms with Crippen LogP contribution < -0.4 is 4.31 Å². The number of sulfonamides is 1. The van der Waals surface area contributed by atoms with Crippen LogP contribution in [0.15, 0.2) is 18.2 Å². The molecule has 0 saturated carbocycles. The van der Waals surface area contributed by atoms with Crippen LogP contribution in [-0.2, 0) is 14.8 Å². The van der Waals surface area contributed by atoms with Gasteiger partial charge in [-0.25, -0.2) is 8.42 Å². The van der Waals surface area contributed by atoms with Crippen molar-refractivity contribution in [1.82, 2.24) is 9.80 Å². The van der Waals surface area contributed by atoms with Gasteiger partial charge in [-0.1, -0.05) is 29.3 Å². The maximum atomic E-state index is 12.4. The molecule has 1 aliphatic rings. The van der Waals surface area contributed by atoms with Crippen LogP contribution in [0.5, 0.6) is 0 Å². The monoisotopic (exact) mass is 393 g/mol. The van der Waals surface area contributed by atoms with Crippen molar-refractivity contribution in [3.8, 4) is 0 Å². The smallest absolute Gasteiger partial charge is 0.232 e. The molecule has 24 heavy (non-hydrogen) atoms. The van der Waals surface area contributed by atoms with Crippen molar-refractivity contribution in [3.63, 3.8) is 0 Å². The minimum absolute atomic E-state index is 0.00740. The number of likely N-dealkylation sites (N-methyl/N-ethyl adjacent to an activating group) is 1. The van der Waals surface area contributed by atoms with Crippen molar-refractivity contribution in [2.45, 2.75) is 6.42 Å². The molecule has 0 unspecified atom stereocenters. The summed E-state index contributed by atoms with van der Waals surface area (Å²) < 4.78 is 25.4. The summed E-state index contributed by atoms with van der Waals surface area (Å²) in [6.45, 7) is 2.95. The molecule has 0 aliphatic carbocycles. The number of anilines is 1. The molecule has 1 aliphatic heterocycles. The number of amides is 1. The average Bonchev–Trinajstić information content (AvgIpc) is 2.49. The van der Waals surface area contributed by atoms with Crippen molar-refractivity contribution in [2.75, 3.05) is 50.3 Å². The predicted octanol–water partition coefficient (Wildman–Crippen LogP) is 1.92. The highest BCUT2D eigenvalue weighted by Gasteiger charge is 2.25. The van der Waals surface area contributed by atoms with Gasteiger partial charge in [-0.3, -0.25) is 9.10 Å². The molecule has 1 aromatic carbocycles. The van der Waals surface area contributed by atoms with Gasteiger partial charge in [-0.15, -0.1) is 0 Å². The SMILES string of the molecule is CN1CCN(C(=O)CCN(c2c(Cl)cccc2Cl)S(C)(=O)=O)CC1. The van der Waals surface area contributed by atoms with Gasteiger partial charge in [0.2, 0.25) is 15.9 Å². The molecule has 6 nitrogen and oxygen atoms in total. The lowest BCUT2D eigenvalue weighted by Gasteiger charge is -2.33. The average molecular weight is 394 g/mol. The molecule has 0 aromatic heterocycles. The van der Waals surface area contributed by atoms with E-state index in [1.807, 2.05) is 7.05 Å². The Hall–Kier alpha value is -1.02. The Morgan fingerprint density at radius 2 is 1.71 bits per heavy atom. The van der Waals surface area contributed by atoms with Crippen LogP contribution in [0.25, 0.3) is 0 Å². The molecule has 9 heteroatoms. The van der Waals surface area contributed by atoms with E-state index in [2.05, 4.69) is 4.90 Å². The number of para-hydroxylation sites is 1. The third-order valence-electron chi connectivity index (χ3n) is 3.97. The van der Waals surface area contributed by atoms with Gasteiger partial charge in [-0.05, 0) is 19.2 Å². The maximum absolute atomic E-state index is 12.4. The first-order valence-corrected chi connectivity index (χ1v) is 10.2. The second kappa shape index (κ2) is 7.91. The first kappa shape index (κ1) is 19.3. The van der Waals surface area contributed by atoms with Crippen LogP contribution >= 0.6 is 23.2 Å². The van der Waals surface area contributed by atoms with E-state index in [0.717, 1.165) is 23.7 Å². The number of rotatable bonds is 5. The molecule has 0 radical (unpaired) electrons. The fraction of sp³-hybridized carbons (Fsp3) is 0.533. The van der Waals surface area contributed by atoms with Crippen molar-refractivity contribution >= 4 is 44.8 Å². The molecule has 1 amide bonds. The number of hydrogen-bond acceptors (Lipinski definition) is 4. The van der Waals surface area contributed by atoms with Crippen LogP contribution in [0.3, 0.4) is 0 Å². The molecule has 1 fully saturated rings. The van der Waals surface area contributed by atoms with Gasteiger partial charge in [0.25, 0.3) is 0 Å². The molecule has 0 spiro atoms. The number of halogens is 2. The number of piperazine rings is 1. The summed E-state index contributed by atoms with van der Waals surface area (Å²) in [5.41, 5.74) is 0.217. The summed E-state index contributed by atoms with van der Waals surface area (Å²) >= 11 is 12.2. The van der Waals surface area contributed by atoms with Gasteiger partial charge in [0.15, 0.2) is 0 Å². The van der Waals surface area contributed by atoms with Crippen LogP contribution in [0, 0.1) is 0 Å². The number of hydrogen-bond donors (Lipinski definition) is 0. The van der Waals surface area contributed by atoms with Crippen molar-refractivity contribution < 1.29 is 13.2 Å². The number of nitrogens with zero attached hydrogens (tertiary/aromatic N) is 3. The molecule has 0 N–H and O–H groups in total. The Morgan fingerprint density at radius 1 is 1.17 bits per heavy atom. The van der Waals surface area contributed by atoms with Crippen molar-refractivity contribution in [2.24, 2.45) is 0 Å². The van der Waals surface area contributed by atoms with Crippen molar-refractivity contribution in [3.05, 3.63) is 28.2 Å². The predicted molar refractivity (Wildman–Crippen MR) is 97.3 cm³/mol. The van der Waals surface area contributed by atoms with E-state index in [0.29, 0.717) is 13.1 Å². The summed E-state index contributed by atoms with van der Waals surface area (Å²) in [6.07, 6.45) is 1.16. The Balaban J connectivity index is 2.12. The molecule has 1 saturated heterocycles. The quantitative estimate of drug-likeness (QED) is 0.766. The minimum atomic E-state index is -3.61.